The molecule has 1 aliphatic rings. The number of amidine groups is 1. The van der Waals surface area contributed by atoms with Crippen molar-refractivity contribution < 1.29 is 13.2 Å². The Hall–Kier alpha value is -0.660. The Morgan fingerprint density at radius 1 is 1.42 bits per heavy atom. The van der Waals surface area contributed by atoms with E-state index in [9.17, 15) is 8.42 Å². The molecule has 0 heterocycles. The number of hydrogen-bond donors (Lipinski definition) is 3. The van der Waals surface area contributed by atoms with Gasteiger partial charge in [0.2, 0.25) is 10.0 Å². The molecule has 0 radical (unpaired) electrons. The molecule has 1 atom stereocenters. The Morgan fingerprint density at radius 3 is 2.58 bits per heavy atom. The van der Waals surface area contributed by atoms with Crippen molar-refractivity contribution in [3.63, 3.8) is 0 Å². The molecule has 0 aromatic heterocycles. The van der Waals surface area contributed by atoms with Gasteiger partial charge < -0.3 is 10.5 Å². The highest BCUT2D eigenvalue weighted by molar-refractivity contribution is 7.89. The lowest BCUT2D eigenvalue weighted by Gasteiger charge is -2.29. The first-order valence-corrected chi connectivity index (χ1v) is 8.53. The summed E-state index contributed by atoms with van der Waals surface area (Å²) in [5.41, 5.74) is 5.55. The third kappa shape index (κ3) is 5.88. The topological polar surface area (TPSA) is 105 Å². The van der Waals surface area contributed by atoms with E-state index in [4.69, 9.17) is 15.9 Å². The van der Waals surface area contributed by atoms with Crippen LogP contribution in [-0.4, -0.2) is 39.3 Å². The van der Waals surface area contributed by atoms with Crippen LogP contribution in [0.1, 0.15) is 39.0 Å². The van der Waals surface area contributed by atoms with E-state index in [1.807, 2.05) is 6.92 Å². The van der Waals surface area contributed by atoms with Gasteiger partial charge in [0.1, 0.15) is 5.84 Å². The van der Waals surface area contributed by atoms with Crippen molar-refractivity contribution in [3.05, 3.63) is 0 Å². The Morgan fingerprint density at radius 2 is 2.05 bits per heavy atom. The Balaban J connectivity index is 2.59. The van der Waals surface area contributed by atoms with E-state index in [1.54, 1.807) is 0 Å². The van der Waals surface area contributed by atoms with Crippen LogP contribution in [0, 0.1) is 11.3 Å². The second-order valence-electron chi connectivity index (χ2n) is 4.96. The molecule has 0 aromatic carbocycles. The number of nitrogens with one attached hydrogen (secondary N) is 2. The second kappa shape index (κ2) is 7.81. The molecule has 1 saturated carbocycles. The van der Waals surface area contributed by atoms with Gasteiger partial charge in [-0.05, 0) is 25.7 Å². The monoisotopic (exact) mass is 291 g/mol. The molecule has 6 nitrogen and oxygen atoms in total. The number of rotatable bonds is 8. The first-order chi connectivity index (χ1) is 8.96. The Kier molecular flexibility index (Phi) is 6.74. The van der Waals surface area contributed by atoms with E-state index >= 15 is 0 Å². The standard InChI is InChI=1S/C12H25N3O3S/c1-2-18-8-9-19(16,17)15-11(12(13)14)10-6-4-3-5-7-10/h10-11,15H,2-9H2,1H3,(H3,13,14). The van der Waals surface area contributed by atoms with E-state index < -0.39 is 16.1 Å². The van der Waals surface area contributed by atoms with Crippen molar-refractivity contribution in [2.45, 2.75) is 45.1 Å². The van der Waals surface area contributed by atoms with Crippen molar-refractivity contribution in [1.82, 2.24) is 4.72 Å². The summed E-state index contributed by atoms with van der Waals surface area (Å²) in [4.78, 5) is 0. The lowest BCUT2D eigenvalue weighted by molar-refractivity contribution is 0.163. The minimum Gasteiger partial charge on any atom is -0.386 e. The van der Waals surface area contributed by atoms with Gasteiger partial charge in [-0.15, -0.1) is 0 Å². The third-order valence-corrected chi connectivity index (χ3v) is 4.78. The zero-order valence-electron chi connectivity index (χ0n) is 11.5. The summed E-state index contributed by atoms with van der Waals surface area (Å²) in [6.45, 7) is 2.48. The molecule has 4 N–H and O–H groups in total. The van der Waals surface area contributed by atoms with Gasteiger partial charge in [0.05, 0.1) is 18.4 Å². The molecule has 0 aromatic rings. The van der Waals surface area contributed by atoms with Crippen LogP contribution in [0.2, 0.25) is 0 Å². The molecule has 0 bridgehead atoms. The van der Waals surface area contributed by atoms with Crippen LogP contribution in [0.4, 0.5) is 0 Å². The predicted molar refractivity (Wildman–Crippen MR) is 75.7 cm³/mol. The van der Waals surface area contributed by atoms with E-state index in [-0.39, 0.29) is 24.1 Å². The van der Waals surface area contributed by atoms with Crippen LogP contribution in [0.25, 0.3) is 0 Å². The van der Waals surface area contributed by atoms with E-state index in [2.05, 4.69) is 4.72 Å². The molecule has 19 heavy (non-hydrogen) atoms. The summed E-state index contributed by atoms with van der Waals surface area (Å²) < 4.78 is 31.5. The molecule has 0 amide bonds. The van der Waals surface area contributed by atoms with E-state index in [0.717, 1.165) is 25.7 Å². The largest absolute Gasteiger partial charge is 0.386 e. The van der Waals surface area contributed by atoms with Gasteiger partial charge in [0.15, 0.2) is 0 Å². The van der Waals surface area contributed by atoms with Crippen LogP contribution < -0.4 is 10.5 Å². The Bertz CT molecular complexity index is 378. The van der Waals surface area contributed by atoms with Gasteiger partial charge in [-0.1, -0.05) is 19.3 Å². The Labute approximate surface area is 115 Å². The molecule has 0 spiro atoms. The summed E-state index contributed by atoms with van der Waals surface area (Å²) in [6, 6.07) is -0.563. The summed E-state index contributed by atoms with van der Waals surface area (Å²) in [5.74, 6) is -0.0304. The normalized spacial score (nSPS) is 19.2. The highest BCUT2D eigenvalue weighted by Gasteiger charge is 2.29. The van der Waals surface area contributed by atoms with Gasteiger partial charge in [-0.25, -0.2) is 13.1 Å². The van der Waals surface area contributed by atoms with Gasteiger partial charge >= 0.3 is 0 Å². The molecule has 0 aliphatic heterocycles. The average molecular weight is 291 g/mol. The number of hydrogen-bond acceptors (Lipinski definition) is 4. The summed E-state index contributed by atoms with van der Waals surface area (Å²) in [6.07, 6.45) is 5.19. The van der Waals surface area contributed by atoms with Crippen molar-refractivity contribution >= 4 is 15.9 Å². The van der Waals surface area contributed by atoms with Crippen LogP contribution in [0.15, 0.2) is 0 Å². The fourth-order valence-electron chi connectivity index (χ4n) is 2.45. The molecule has 1 aliphatic carbocycles. The molecule has 1 rings (SSSR count). The highest BCUT2D eigenvalue weighted by atomic mass is 32.2. The maximum atomic E-state index is 11.9. The van der Waals surface area contributed by atoms with E-state index in [1.165, 1.54) is 6.42 Å². The minimum absolute atomic E-state index is 0.0860. The zero-order chi connectivity index (χ0) is 14.3. The first kappa shape index (κ1) is 16.4. The fraction of sp³-hybridized carbons (Fsp3) is 0.917. The van der Waals surface area contributed by atoms with Crippen molar-refractivity contribution in [2.75, 3.05) is 19.0 Å². The quantitative estimate of drug-likeness (QED) is 0.350. The van der Waals surface area contributed by atoms with Crippen molar-refractivity contribution in [2.24, 2.45) is 11.7 Å². The van der Waals surface area contributed by atoms with Crippen LogP contribution in [0.3, 0.4) is 0 Å². The lowest BCUT2D eigenvalue weighted by Crippen LogP contribution is -2.50. The van der Waals surface area contributed by atoms with Gasteiger partial charge in [-0.3, -0.25) is 5.41 Å². The SMILES string of the molecule is CCOCCS(=O)(=O)NC(C(=N)N)C1CCCCC1. The molecule has 7 heteroatoms. The van der Waals surface area contributed by atoms with Gasteiger partial charge in [-0.2, -0.15) is 0 Å². The predicted octanol–water partition coefficient (Wildman–Crippen LogP) is 0.827. The molecular formula is C12H25N3O3S. The van der Waals surface area contributed by atoms with Crippen LogP contribution in [-0.2, 0) is 14.8 Å². The average Bonchev–Trinajstić information content (AvgIpc) is 2.37. The molecule has 1 fully saturated rings. The maximum absolute atomic E-state index is 11.9. The highest BCUT2D eigenvalue weighted by Crippen LogP contribution is 2.26. The number of ether oxygens (including phenoxy) is 1. The van der Waals surface area contributed by atoms with Gasteiger partial charge in [0.25, 0.3) is 0 Å². The first-order valence-electron chi connectivity index (χ1n) is 6.88. The molecule has 0 saturated heterocycles. The molecule has 1 unspecified atom stereocenters. The summed E-state index contributed by atoms with van der Waals surface area (Å²) in [7, 11) is -3.44. The summed E-state index contributed by atoms with van der Waals surface area (Å²) in [5, 5.41) is 7.60. The zero-order valence-corrected chi connectivity index (χ0v) is 12.3. The maximum Gasteiger partial charge on any atom is 0.214 e. The third-order valence-electron chi connectivity index (χ3n) is 3.46. The summed E-state index contributed by atoms with van der Waals surface area (Å²) >= 11 is 0. The number of nitrogens with two attached hydrogens (primary N) is 1. The lowest BCUT2D eigenvalue weighted by atomic mass is 9.84. The van der Waals surface area contributed by atoms with Gasteiger partial charge in [0, 0.05) is 6.61 Å². The van der Waals surface area contributed by atoms with Crippen molar-refractivity contribution in [1.29, 1.82) is 5.41 Å². The molecular weight excluding hydrogens is 266 g/mol. The van der Waals surface area contributed by atoms with Crippen molar-refractivity contribution in [3.8, 4) is 0 Å². The van der Waals surface area contributed by atoms with E-state index in [0.29, 0.717) is 6.61 Å². The number of sulfonamides is 1. The fourth-order valence-corrected chi connectivity index (χ4v) is 3.61. The van der Waals surface area contributed by atoms with Crippen LogP contribution >= 0.6 is 0 Å². The minimum atomic E-state index is -3.44. The smallest absolute Gasteiger partial charge is 0.214 e. The van der Waals surface area contributed by atoms with Crippen LogP contribution in [0.5, 0.6) is 0 Å². The molecule has 112 valence electrons. The second-order valence-corrected chi connectivity index (χ2v) is 6.84.